The van der Waals surface area contributed by atoms with Crippen LogP contribution in [0.4, 0.5) is 5.13 Å². The number of benzene rings is 2. The van der Waals surface area contributed by atoms with Gasteiger partial charge in [-0.15, -0.1) is 11.3 Å². The van der Waals surface area contributed by atoms with Crippen molar-refractivity contribution in [1.29, 1.82) is 0 Å². The minimum absolute atomic E-state index is 0.167. The Morgan fingerprint density at radius 3 is 2.87 bits per heavy atom. The lowest BCUT2D eigenvalue weighted by atomic mass is 9.91. The van der Waals surface area contributed by atoms with E-state index in [4.69, 9.17) is 4.52 Å². The lowest BCUT2D eigenvalue weighted by Gasteiger charge is -2.20. The summed E-state index contributed by atoms with van der Waals surface area (Å²) in [5, 5.41) is 14.1. The van der Waals surface area contributed by atoms with Gasteiger partial charge in [-0.2, -0.15) is 0 Å². The van der Waals surface area contributed by atoms with E-state index >= 15 is 0 Å². The number of nitrogens with zero attached hydrogens (tertiary/aromatic N) is 2. The number of hydrogen-bond acceptors (Lipinski definition) is 6. The van der Waals surface area contributed by atoms with E-state index < -0.39 is 0 Å². The molecule has 5 rings (SSSR count). The van der Waals surface area contributed by atoms with Crippen LogP contribution in [0.15, 0.2) is 52.5 Å². The van der Waals surface area contributed by atoms with Crippen LogP contribution in [-0.2, 0) is 0 Å². The van der Waals surface area contributed by atoms with Gasteiger partial charge in [-0.1, -0.05) is 17.3 Å². The van der Waals surface area contributed by atoms with E-state index in [9.17, 15) is 4.79 Å². The molecule has 2 aromatic heterocycles. The zero-order valence-corrected chi connectivity index (χ0v) is 17.5. The fourth-order valence-electron chi connectivity index (χ4n) is 4.04. The van der Waals surface area contributed by atoms with Crippen LogP contribution >= 0.6 is 11.3 Å². The number of hydrogen-bond donors (Lipinski definition) is 2. The summed E-state index contributed by atoms with van der Waals surface area (Å²) in [6.45, 7) is 4.08. The summed E-state index contributed by atoms with van der Waals surface area (Å²) in [6.07, 6.45) is 3.84. The summed E-state index contributed by atoms with van der Waals surface area (Å²) in [7, 11) is 0. The molecule has 3 heterocycles. The summed E-state index contributed by atoms with van der Waals surface area (Å²) in [5.74, 6) is 0.276. The van der Waals surface area contributed by atoms with Gasteiger partial charge < -0.3 is 9.84 Å². The van der Waals surface area contributed by atoms with Crippen molar-refractivity contribution in [3.63, 3.8) is 0 Å². The Kier molecular flexibility index (Phi) is 5.06. The van der Waals surface area contributed by atoms with Gasteiger partial charge in [0.1, 0.15) is 0 Å². The molecule has 6 nitrogen and oxygen atoms in total. The number of carbonyl (C=O) groups excluding carboxylic acids is 1. The second kappa shape index (κ2) is 8.01. The molecule has 0 radical (unpaired) electrons. The minimum Gasteiger partial charge on any atom is -0.356 e. The first kappa shape index (κ1) is 19.0. The number of nitrogens with one attached hydrogen (secondary N) is 2. The third-order valence-corrected chi connectivity index (χ3v) is 6.38. The maximum atomic E-state index is 12.6. The fourth-order valence-corrected chi connectivity index (χ4v) is 4.57. The van der Waals surface area contributed by atoms with Gasteiger partial charge in [0.25, 0.3) is 5.91 Å². The van der Waals surface area contributed by atoms with Gasteiger partial charge in [0.2, 0.25) is 0 Å². The monoisotopic (exact) mass is 418 g/mol. The van der Waals surface area contributed by atoms with Gasteiger partial charge in [-0.05, 0) is 73.8 Å². The van der Waals surface area contributed by atoms with Crippen molar-refractivity contribution in [2.24, 2.45) is 0 Å². The maximum absolute atomic E-state index is 12.6. The molecule has 30 heavy (non-hydrogen) atoms. The second-order valence-corrected chi connectivity index (χ2v) is 8.52. The van der Waals surface area contributed by atoms with Crippen LogP contribution in [0.5, 0.6) is 0 Å². The zero-order valence-electron chi connectivity index (χ0n) is 16.6. The summed E-state index contributed by atoms with van der Waals surface area (Å²) in [4.78, 5) is 16.7. The number of carbonyl (C=O) groups is 1. The van der Waals surface area contributed by atoms with E-state index in [0.717, 1.165) is 59.3 Å². The number of amides is 1. The molecule has 1 aliphatic rings. The molecule has 0 atom stereocenters. The fraction of sp³-hybridized carbons (Fsp3) is 0.261. The number of thiazole rings is 1. The number of aryl methyl sites for hydroxylation is 1. The quantitative estimate of drug-likeness (QED) is 0.489. The largest absolute Gasteiger partial charge is 0.356 e. The third kappa shape index (κ3) is 3.62. The molecule has 0 bridgehead atoms. The Balaban J connectivity index is 1.46. The normalized spacial score (nSPS) is 14.8. The third-order valence-electron chi connectivity index (χ3n) is 5.69. The van der Waals surface area contributed by atoms with Crippen LogP contribution in [0.1, 0.15) is 40.4 Å². The SMILES string of the molecule is Cc1ccc(C(=O)Nc2nccs2)cc1-c1ccc2c(C3CCNCC3)noc2c1. The Hall–Kier alpha value is -3.03. The molecule has 0 saturated carbocycles. The summed E-state index contributed by atoms with van der Waals surface area (Å²) in [6, 6.07) is 11.9. The highest BCUT2D eigenvalue weighted by Crippen LogP contribution is 2.34. The standard InChI is InChI=1S/C23H22N4O2S/c1-14-2-3-17(22(28)26-23-25-10-11-30-23)12-19(14)16-4-5-18-20(13-16)29-27-21(18)15-6-8-24-9-7-15/h2-5,10-13,15,24H,6-9H2,1H3,(H,25,26,28). The van der Waals surface area contributed by atoms with Gasteiger partial charge in [0.05, 0.1) is 5.69 Å². The van der Waals surface area contributed by atoms with E-state index in [2.05, 4.69) is 32.9 Å². The molecular weight excluding hydrogens is 396 g/mol. The van der Waals surface area contributed by atoms with Crippen molar-refractivity contribution in [3.8, 4) is 11.1 Å². The number of rotatable bonds is 4. The zero-order chi connectivity index (χ0) is 20.5. The minimum atomic E-state index is -0.167. The predicted octanol–water partition coefficient (Wildman–Crippen LogP) is 4.98. The average molecular weight is 419 g/mol. The highest BCUT2D eigenvalue weighted by atomic mass is 32.1. The molecule has 1 fully saturated rings. The van der Waals surface area contributed by atoms with Crippen LogP contribution in [-0.4, -0.2) is 29.1 Å². The van der Waals surface area contributed by atoms with Crippen molar-refractivity contribution in [2.75, 3.05) is 18.4 Å². The van der Waals surface area contributed by atoms with Crippen LogP contribution in [0.2, 0.25) is 0 Å². The molecule has 7 heteroatoms. The highest BCUT2D eigenvalue weighted by molar-refractivity contribution is 7.13. The van der Waals surface area contributed by atoms with Crippen molar-refractivity contribution < 1.29 is 9.32 Å². The topological polar surface area (TPSA) is 80.0 Å². The summed E-state index contributed by atoms with van der Waals surface area (Å²) in [5.41, 5.74) is 5.56. The molecular formula is C23H22N4O2S. The molecule has 1 saturated heterocycles. The Bertz CT molecular complexity index is 1190. The Labute approximate surface area is 178 Å². The lowest BCUT2D eigenvalue weighted by Crippen LogP contribution is -2.26. The Morgan fingerprint density at radius 2 is 2.07 bits per heavy atom. The van der Waals surface area contributed by atoms with Gasteiger partial charge in [-0.3, -0.25) is 10.1 Å². The average Bonchev–Trinajstić information content (AvgIpc) is 3.44. The van der Waals surface area contributed by atoms with Crippen molar-refractivity contribution in [3.05, 3.63) is 64.8 Å². The molecule has 1 amide bonds. The lowest BCUT2D eigenvalue weighted by molar-refractivity contribution is 0.102. The van der Waals surface area contributed by atoms with Crippen LogP contribution in [0.3, 0.4) is 0 Å². The smallest absolute Gasteiger partial charge is 0.257 e. The molecule has 2 aromatic carbocycles. The molecule has 1 aliphatic heterocycles. The molecule has 0 unspecified atom stereocenters. The van der Waals surface area contributed by atoms with Crippen molar-refractivity contribution in [1.82, 2.24) is 15.5 Å². The summed E-state index contributed by atoms with van der Waals surface area (Å²) >= 11 is 1.40. The molecule has 0 aliphatic carbocycles. The number of piperidine rings is 1. The van der Waals surface area contributed by atoms with E-state index in [1.54, 1.807) is 6.20 Å². The van der Waals surface area contributed by atoms with E-state index in [0.29, 0.717) is 16.6 Å². The molecule has 0 spiro atoms. The van der Waals surface area contributed by atoms with Gasteiger partial charge in [0, 0.05) is 28.4 Å². The van der Waals surface area contributed by atoms with Gasteiger partial charge >= 0.3 is 0 Å². The van der Waals surface area contributed by atoms with E-state index in [1.165, 1.54) is 11.3 Å². The summed E-state index contributed by atoms with van der Waals surface area (Å²) < 4.78 is 5.70. The number of fused-ring (bicyclic) bond motifs is 1. The molecule has 152 valence electrons. The first-order valence-electron chi connectivity index (χ1n) is 10.1. The highest BCUT2D eigenvalue weighted by Gasteiger charge is 2.22. The predicted molar refractivity (Wildman–Crippen MR) is 119 cm³/mol. The van der Waals surface area contributed by atoms with Crippen LogP contribution in [0, 0.1) is 6.92 Å². The molecule has 4 aromatic rings. The van der Waals surface area contributed by atoms with E-state index in [1.807, 2.05) is 36.6 Å². The van der Waals surface area contributed by atoms with Crippen molar-refractivity contribution in [2.45, 2.75) is 25.7 Å². The first-order chi connectivity index (χ1) is 14.7. The van der Waals surface area contributed by atoms with Crippen LogP contribution < -0.4 is 10.6 Å². The second-order valence-electron chi connectivity index (χ2n) is 7.62. The van der Waals surface area contributed by atoms with Gasteiger partial charge in [0.15, 0.2) is 10.7 Å². The van der Waals surface area contributed by atoms with Crippen LogP contribution in [0.25, 0.3) is 22.1 Å². The molecule has 2 N–H and O–H groups in total. The number of anilines is 1. The maximum Gasteiger partial charge on any atom is 0.257 e. The van der Waals surface area contributed by atoms with Crippen molar-refractivity contribution >= 4 is 33.3 Å². The van der Waals surface area contributed by atoms with E-state index in [-0.39, 0.29) is 5.91 Å². The Morgan fingerprint density at radius 1 is 1.20 bits per heavy atom. The number of aromatic nitrogens is 2. The first-order valence-corrected chi connectivity index (χ1v) is 11.0. The van der Waals surface area contributed by atoms with Gasteiger partial charge in [-0.25, -0.2) is 4.98 Å².